The van der Waals surface area contributed by atoms with E-state index in [1.807, 2.05) is 30.0 Å². The average Bonchev–Trinajstić information content (AvgIpc) is 3.29. The maximum Gasteiger partial charge on any atom is 0.171 e. The molecule has 0 amide bonds. The molecule has 0 unspecified atom stereocenters. The smallest absolute Gasteiger partial charge is 0.171 e. The molecule has 0 bridgehead atoms. The number of rotatable bonds is 7. The molecule has 160 valence electrons. The Kier molecular flexibility index (Phi) is 7.15. The fraction of sp³-hybridized carbons (Fsp3) is 0.269. The minimum absolute atomic E-state index is 0.109. The van der Waals surface area contributed by atoms with Crippen LogP contribution in [0.3, 0.4) is 0 Å². The minimum Gasteiger partial charge on any atom is -0.497 e. The molecular weight excluding hydrogens is 420 g/mol. The van der Waals surface area contributed by atoms with Crippen molar-refractivity contribution in [2.24, 2.45) is 0 Å². The van der Waals surface area contributed by atoms with Gasteiger partial charge >= 0.3 is 0 Å². The van der Waals surface area contributed by atoms with Gasteiger partial charge in [0.05, 0.1) is 12.6 Å². The molecule has 1 aliphatic carbocycles. The number of anilines is 1. The summed E-state index contributed by atoms with van der Waals surface area (Å²) in [6.07, 6.45) is 4.57. The van der Waals surface area contributed by atoms with Gasteiger partial charge in [-0.1, -0.05) is 55.3 Å². The van der Waals surface area contributed by atoms with E-state index in [1.165, 1.54) is 28.9 Å². The van der Waals surface area contributed by atoms with Gasteiger partial charge in [0.15, 0.2) is 5.11 Å². The standard InChI is InChI=1S/C26H28N2OS2/c1-29-23-15-11-21(12-16-23)26(17-5-6-18-26)28-25(30)27-22-13-9-20(10-14-22)19-31-24-7-3-2-4-8-24/h2-4,7-16H,5-6,17-19H2,1H3,(H2,27,28,30). The van der Waals surface area contributed by atoms with Gasteiger partial charge in [-0.2, -0.15) is 0 Å². The second-order valence-corrected chi connectivity index (χ2v) is 9.35. The van der Waals surface area contributed by atoms with Crippen molar-refractivity contribution in [1.29, 1.82) is 0 Å². The molecule has 1 aliphatic rings. The molecule has 0 aromatic heterocycles. The minimum atomic E-state index is -0.109. The van der Waals surface area contributed by atoms with E-state index in [9.17, 15) is 0 Å². The molecule has 0 aliphatic heterocycles. The molecule has 4 rings (SSSR count). The summed E-state index contributed by atoms with van der Waals surface area (Å²) in [6.45, 7) is 0. The van der Waals surface area contributed by atoms with E-state index < -0.39 is 0 Å². The molecule has 3 nitrogen and oxygen atoms in total. The van der Waals surface area contributed by atoms with E-state index in [4.69, 9.17) is 17.0 Å². The third-order valence-corrected chi connectivity index (χ3v) is 7.10. The normalized spacial score (nSPS) is 14.7. The van der Waals surface area contributed by atoms with Crippen LogP contribution in [0.4, 0.5) is 5.69 Å². The Hall–Kier alpha value is -2.50. The molecule has 1 fully saturated rings. The summed E-state index contributed by atoms with van der Waals surface area (Å²) in [7, 11) is 1.70. The predicted molar refractivity (Wildman–Crippen MR) is 135 cm³/mol. The molecule has 0 atom stereocenters. The zero-order valence-electron chi connectivity index (χ0n) is 17.8. The second kappa shape index (κ2) is 10.2. The monoisotopic (exact) mass is 448 g/mol. The molecule has 1 saturated carbocycles. The predicted octanol–water partition coefficient (Wildman–Crippen LogP) is 6.74. The summed E-state index contributed by atoms with van der Waals surface area (Å²) in [5.74, 6) is 1.83. The highest BCUT2D eigenvalue weighted by atomic mass is 32.2. The van der Waals surface area contributed by atoms with Crippen molar-refractivity contribution in [2.45, 2.75) is 41.9 Å². The van der Waals surface area contributed by atoms with Crippen molar-refractivity contribution in [3.63, 3.8) is 0 Å². The number of thiocarbonyl (C=S) groups is 1. The Morgan fingerprint density at radius 2 is 1.61 bits per heavy atom. The van der Waals surface area contributed by atoms with Crippen LogP contribution in [0.15, 0.2) is 83.8 Å². The van der Waals surface area contributed by atoms with E-state index in [1.54, 1.807) is 7.11 Å². The van der Waals surface area contributed by atoms with Crippen molar-refractivity contribution in [2.75, 3.05) is 12.4 Å². The van der Waals surface area contributed by atoms with Crippen LogP contribution < -0.4 is 15.4 Å². The highest BCUT2D eigenvalue weighted by molar-refractivity contribution is 7.98. The van der Waals surface area contributed by atoms with Crippen LogP contribution in [0.2, 0.25) is 0 Å². The Labute approximate surface area is 194 Å². The zero-order valence-corrected chi connectivity index (χ0v) is 19.4. The fourth-order valence-corrected chi connectivity index (χ4v) is 5.31. The quantitative estimate of drug-likeness (QED) is 0.309. The molecule has 2 N–H and O–H groups in total. The molecule has 3 aromatic carbocycles. The van der Waals surface area contributed by atoms with Crippen LogP contribution in [0.5, 0.6) is 5.75 Å². The Morgan fingerprint density at radius 1 is 0.935 bits per heavy atom. The van der Waals surface area contributed by atoms with Crippen LogP contribution in [0, 0.1) is 0 Å². The first kappa shape index (κ1) is 21.7. The van der Waals surface area contributed by atoms with Crippen LogP contribution in [0.25, 0.3) is 0 Å². The van der Waals surface area contributed by atoms with Gasteiger partial charge in [0.2, 0.25) is 0 Å². The van der Waals surface area contributed by atoms with Gasteiger partial charge < -0.3 is 15.4 Å². The van der Waals surface area contributed by atoms with E-state index >= 15 is 0 Å². The first-order chi connectivity index (χ1) is 15.2. The molecule has 0 spiro atoms. The van der Waals surface area contributed by atoms with Gasteiger partial charge in [-0.25, -0.2) is 0 Å². The van der Waals surface area contributed by atoms with E-state index in [0.717, 1.165) is 30.0 Å². The first-order valence-corrected chi connectivity index (χ1v) is 12.1. The number of methoxy groups -OCH3 is 1. The maximum atomic E-state index is 5.69. The highest BCUT2D eigenvalue weighted by Crippen LogP contribution is 2.39. The highest BCUT2D eigenvalue weighted by Gasteiger charge is 2.36. The number of nitrogens with one attached hydrogen (secondary N) is 2. The van der Waals surface area contributed by atoms with Crippen LogP contribution in [0.1, 0.15) is 36.8 Å². The van der Waals surface area contributed by atoms with Crippen molar-refractivity contribution in [3.8, 4) is 5.75 Å². The zero-order chi connectivity index (χ0) is 21.5. The largest absolute Gasteiger partial charge is 0.497 e. The summed E-state index contributed by atoms with van der Waals surface area (Å²) in [4.78, 5) is 1.29. The Bertz CT molecular complexity index is 982. The lowest BCUT2D eigenvalue weighted by atomic mass is 9.88. The van der Waals surface area contributed by atoms with Crippen molar-refractivity contribution in [3.05, 3.63) is 90.0 Å². The summed E-state index contributed by atoms with van der Waals surface area (Å²) < 4.78 is 5.32. The Balaban J connectivity index is 1.36. The van der Waals surface area contributed by atoms with Crippen molar-refractivity contribution >= 4 is 34.8 Å². The van der Waals surface area contributed by atoms with Gasteiger partial charge in [-0.05, 0) is 72.6 Å². The van der Waals surface area contributed by atoms with Crippen LogP contribution >= 0.6 is 24.0 Å². The number of benzene rings is 3. The van der Waals surface area contributed by atoms with Crippen molar-refractivity contribution in [1.82, 2.24) is 5.32 Å². The fourth-order valence-electron chi connectivity index (χ4n) is 4.12. The van der Waals surface area contributed by atoms with Gasteiger partial charge in [0.25, 0.3) is 0 Å². The second-order valence-electron chi connectivity index (χ2n) is 7.90. The molecule has 31 heavy (non-hydrogen) atoms. The van der Waals surface area contributed by atoms with Gasteiger partial charge in [0.1, 0.15) is 5.75 Å². The number of hydrogen-bond acceptors (Lipinski definition) is 3. The lowest BCUT2D eigenvalue weighted by Crippen LogP contribution is -2.45. The SMILES string of the molecule is COc1ccc(C2(NC(=S)Nc3ccc(CSc4ccccc4)cc3)CCCC2)cc1. The molecule has 0 saturated heterocycles. The molecule has 0 heterocycles. The number of ether oxygens (including phenoxy) is 1. The van der Waals surface area contributed by atoms with Gasteiger partial charge in [-0.3, -0.25) is 0 Å². The number of hydrogen-bond donors (Lipinski definition) is 2. The van der Waals surface area contributed by atoms with E-state index in [2.05, 4.69) is 71.3 Å². The summed E-state index contributed by atoms with van der Waals surface area (Å²) in [5.41, 5.74) is 3.46. The summed E-state index contributed by atoms with van der Waals surface area (Å²) in [5, 5.41) is 7.68. The molecular formula is C26H28N2OS2. The van der Waals surface area contributed by atoms with Gasteiger partial charge in [-0.15, -0.1) is 11.8 Å². The summed E-state index contributed by atoms with van der Waals surface area (Å²) >= 11 is 7.54. The molecule has 3 aromatic rings. The molecule has 5 heteroatoms. The van der Waals surface area contributed by atoms with Crippen molar-refractivity contribution < 1.29 is 4.74 Å². The summed E-state index contributed by atoms with van der Waals surface area (Å²) in [6, 6.07) is 27.4. The van der Waals surface area contributed by atoms with Gasteiger partial charge in [0, 0.05) is 16.3 Å². The third-order valence-electron chi connectivity index (χ3n) is 5.81. The third kappa shape index (κ3) is 5.60. The average molecular weight is 449 g/mol. The lowest BCUT2D eigenvalue weighted by molar-refractivity contribution is 0.401. The van der Waals surface area contributed by atoms with Crippen LogP contribution in [-0.2, 0) is 11.3 Å². The Morgan fingerprint density at radius 3 is 2.26 bits per heavy atom. The number of thioether (sulfide) groups is 1. The topological polar surface area (TPSA) is 33.3 Å². The maximum absolute atomic E-state index is 5.69. The first-order valence-electron chi connectivity index (χ1n) is 10.7. The van der Waals surface area contributed by atoms with E-state index in [0.29, 0.717) is 5.11 Å². The van der Waals surface area contributed by atoms with E-state index in [-0.39, 0.29) is 5.54 Å². The van der Waals surface area contributed by atoms with Crippen LogP contribution in [-0.4, -0.2) is 12.2 Å². The lowest BCUT2D eigenvalue weighted by Gasteiger charge is -2.32. The molecule has 0 radical (unpaired) electrons.